The molecule has 1 saturated heterocycles. The fourth-order valence-corrected chi connectivity index (χ4v) is 4.01. The van der Waals surface area contributed by atoms with E-state index in [9.17, 15) is 13.9 Å². The number of anilines is 1. The molecule has 4 rings (SSSR count). The van der Waals surface area contributed by atoms with Gasteiger partial charge in [0.2, 0.25) is 5.95 Å². The molecule has 34 heavy (non-hydrogen) atoms. The van der Waals surface area contributed by atoms with Crippen molar-refractivity contribution >= 4 is 5.95 Å². The van der Waals surface area contributed by atoms with E-state index in [0.29, 0.717) is 65.9 Å². The number of para-hydroxylation sites is 1. The minimum atomic E-state index is -2.78. The predicted octanol–water partition coefficient (Wildman–Crippen LogP) is 2.29. The number of nitrogens with zero attached hydrogens (tertiary/aromatic N) is 5. The number of aryl methyl sites for hydroxylation is 1. The molecule has 1 aliphatic heterocycles. The third kappa shape index (κ3) is 5.66. The highest BCUT2D eigenvalue weighted by Crippen LogP contribution is 2.29. The average molecular weight is 475 g/mol. The summed E-state index contributed by atoms with van der Waals surface area (Å²) in [6.45, 7) is 1.90. The van der Waals surface area contributed by atoms with Crippen molar-refractivity contribution in [1.82, 2.24) is 24.6 Å². The number of aliphatic hydroxyl groups excluding tert-OH is 1. The second kappa shape index (κ2) is 10.9. The van der Waals surface area contributed by atoms with Gasteiger partial charge in [-0.2, -0.15) is 13.9 Å². The highest BCUT2D eigenvalue weighted by Gasteiger charge is 2.22. The van der Waals surface area contributed by atoms with Gasteiger partial charge in [0, 0.05) is 37.0 Å². The number of hydrogen-bond donors (Lipinski definition) is 2. The SMILES string of the molecule is Cc1cc(-c2nn(C(F)F)cc2Cc2ccccc2OCCN2CCOC[C@H]2CO)nc(N)n1. The fourth-order valence-electron chi connectivity index (χ4n) is 4.01. The van der Waals surface area contributed by atoms with Crippen LogP contribution in [0.4, 0.5) is 14.7 Å². The van der Waals surface area contributed by atoms with Gasteiger partial charge in [0.15, 0.2) is 0 Å². The minimum absolute atomic E-state index is 0.0283. The molecule has 9 nitrogen and oxygen atoms in total. The van der Waals surface area contributed by atoms with Gasteiger partial charge in [-0.25, -0.2) is 14.6 Å². The molecular weight excluding hydrogens is 446 g/mol. The first-order valence-corrected chi connectivity index (χ1v) is 11.1. The normalized spacial score (nSPS) is 16.8. The van der Waals surface area contributed by atoms with Crippen LogP contribution in [-0.2, 0) is 11.2 Å². The third-order valence-electron chi connectivity index (χ3n) is 5.67. The minimum Gasteiger partial charge on any atom is -0.492 e. The molecule has 0 aliphatic carbocycles. The van der Waals surface area contributed by atoms with Gasteiger partial charge in [0.1, 0.15) is 18.1 Å². The van der Waals surface area contributed by atoms with E-state index in [4.69, 9.17) is 15.2 Å². The zero-order valence-electron chi connectivity index (χ0n) is 18.9. The van der Waals surface area contributed by atoms with Crippen molar-refractivity contribution in [3.8, 4) is 17.1 Å². The number of benzene rings is 1. The van der Waals surface area contributed by atoms with Crippen LogP contribution < -0.4 is 10.5 Å². The van der Waals surface area contributed by atoms with Gasteiger partial charge < -0.3 is 20.3 Å². The van der Waals surface area contributed by atoms with Crippen LogP contribution in [0.25, 0.3) is 11.4 Å². The molecule has 1 aliphatic rings. The maximum absolute atomic E-state index is 13.4. The Morgan fingerprint density at radius 1 is 1.26 bits per heavy atom. The van der Waals surface area contributed by atoms with Gasteiger partial charge in [0.05, 0.1) is 31.6 Å². The molecule has 0 unspecified atom stereocenters. The molecule has 0 bridgehead atoms. The second-order valence-electron chi connectivity index (χ2n) is 8.09. The summed E-state index contributed by atoms with van der Waals surface area (Å²) in [5, 5.41) is 13.6. The molecule has 1 atom stereocenters. The maximum Gasteiger partial charge on any atom is 0.333 e. The van der Waals surface area contributed by atoms with Crippen LogP contribution in [0.2, 0.25) is 0 Å². The lowest BCUT2D eigenvalue weighted by molar-refractivity contribution is -0.0313. The summed E-state index contributed by atoms with van der Waals surface area (Å²) in [5.41, 5.74) is 8.51. The number of ether oxygens (including phenoxy) is 2. The van der Waals surface area contributed by atoms with Crippen molar-refractivity contribution in [1.29, 1.82) is 0 Å². The summed E-state index contributed by atoms with van der Waals surface area (Å²) in [6, 6.07) is 9.10. The summed E-state index contributed by atoms with van der Waals surface area (Å²) in [4.78, 5) is 10.4. The van der Waals surface area contributed by atoms with Crippen LogP contribution in [0.5, 0.6) is 5.75 Å². The third-order valence-corrected chi connectivity index (χ3v) is 5.67. The predicted molar refractivity (Wildman–Crippen MR) is 122 cm³/mol. The number of aliphatic hydroxyl groups is 1. The molecule has 0 spiro atoms. The maximum atomic E-state index is 13.4. The number of nitrogen functional groups attached to an aromatic ring is 1. The van der Waals surface area contributed by atoms with E-state index in [1.165, 1.54) is 6.20 Å². The second-order valence-corrected chi connectivity index (χ2v) is 8.09. The molecule has 182 valence electrons. The van der Waals surface area contributed by atoms with Crippen molar-refractivity contribution in [2.45, 2.75) is 25.9 Å². The number of hydrogen-bond acceptors (Lipinski definition) is 8. The Kier molecular flexibility index (Phi) is 7.66. The Labute approximate surface area is 196 Å². The van der Waals surface area contributed by atoms with Gasteiger partial charge in [0.25, 0.3) is 0 Å². The molecule has 3 aromatic rings. The number of aromatic nitrogens is 4. The first-order chi connectivity index (χ1) is 16.4. The van der Waals surface area contributed by atoms with E-state index in [0.717, 1.165) is 12.1 Å². The molecule has 0 amide bonds. The van der Waals surface area contributed by atoms with E-state index in [2.05, 4.69) is 20.0 Å². The number of nitrogens with two attached hydrogens (primary N) is 1. The zero-order chi connectivity index (χ0) is 24.1. The first kappa shape index (κ1) is 24.0. The van der Waals surface area contributed by atoms with Crippen LogP contribution in [0, 0.1) is 6.92 Å². The van der Waals surface area contributed by atoms with Crippen molar-refractivity contribution in [3.63, 3.8) is 0 Å². The Hall–Kier alpha value is -3.15. The first-order valence-electron chi connectivity index (χ1n) is 11.1. The highest BCUT2D eigenvalue weighted by molar-refractivity contribution is 5.61. The van der Waals surface area contributed by atoms with E-state index < -0.39 is 6.55 Å². The Bertz CT molecular complexity index is 1090. The van der Waals surface area contributed by atoms with Crippen molar-refractivity contribution < 1.29 is 23.4 Å². The standard InChI is InChI=1S/C23H28F2N6O3/c1-15-10-19(28-23(26)27-15)21-17(12-31(29-21)22(24)25)11-16-4-2-3-5-20(16)34-9-7-30-6-8-33-14-18(30)13-32/h2-5,10,12,18,22,32H,6-9,11,13-14H2,1H3,(H2,26,27,28)/t18-/m1/s1. The molecule has 3 N–H and O–H groups in total. The van der Waals surface area contributed by atoms with Crippen molar-refractivity contribution in [2.75, 3.05) is 45.3 Å². The number of alkyl halides is 2. The molecule has 11 heteroatoms. The van der Waals surface area contributed by atoms with Crippen LogP contribution in [0.15, 0.2) is 36.5 Å². The van der Waals surface area contributed by atoms with Gasteiger partial charge in [-0.1, -0.05) is 18.2 Å². The van der Waals surface area contributed by atoms with Gasteiger partial charge in [-0.3, -0.25) is 4.90 Å². The largest absolute Gasteiger partial charge is 0.492 e. The Balaban J connectivity index is 1.54. The van der Waals surface area contributed by atoms with Crippen LogP contribution in [0.3, 0.4) is 0 Å². The Morgan fingerprint density at radius 2 is 2.09 bits per heavy atom. The Morgan fingerprint density at radius 3 is 2.85 bits per heavy atom. The van der Waals surface area contributed by atoms with Crippen molar-refractivity contribution in [3.05, 3.63) is 53.3 Å². The van der Waals surface area contributed by atoms with Crippen molar-refractivity contribution in [2.24, 2.45) is 0 Å². The zero-order valence-corrected chi connectivity index (χ0v) is 18.9. The fraction of sp³-hybridized carbons (Fsp3) is 0.435. The van der Waals surface area contributed by atoms with E-state index in [1.54, 1.807) is 13.0 Å². The highest BCUT2D eigenvalue weighted by atomic mass is 19.3. The summed E-state index contributed by atoms with van der Waals surface area (Å²) >= 11 is 0. The summed E-state index contributed by atoms with van der Waals surface area (Å²) < 4.78 is 39.0. The number of halogens is 2. The number of morpholine rings is 1. The molecule has 3 heterocycles. The molecular formula is C23H28F2N6O3. The summed E-state index contributed by atoms with van der Waals surface area (Å²) in [6.07, 6.45) is 1.64. The average Bonchev–Trinajstić information content (AvgIpc) is 3.24. The van der Waals surface area contributed by atoms with E-state index in [-0.39, 0.29) is 18.6 Å². The van der Waals surface area contributed by atoms with Crippen LogP contribution >= 0.6 is 0 Å². The monoisotopic (exact) mass is 474 g/mol. The molecule has 2 aromatic heterocycles. The molecule has 0 saturated carbocycles. The van der Waals surface area contributed by atoms with Gasteiger partial charge >= 0.3 is 6.55 Å². The van der Waals surface area contributed by atoms with Crippen LogP contribution in [-0.4, -0.2) is 75.3 Å². The molecule has 1 fully saturated rings. The number of rotatable bonds is 9. The lowest BCUT2D eigenvalue weighted by Gasteiger charge is -2.34. The lowest BCUT2D eigenvalue weighted by atomic mass is 10.0. The van der Waals surface area contributed by atoms with Gasteiger partial charge in [-0.05, 0) is 24.6 Å². The topological polar surface area (TPSA) is 112 Å². The van der Waals surface area contributed by atoms with E-state index >= 15 is 0 Å². The van der Waals surface area contributed by atoms with Gasteiger partial charge in [-0.15, -0.1) is 0 Å². The lowest BCUT2D eigenvalue weighted by Crippen LogP contribution is -2.48. The molecule has 0 radical (unpaired) electrons. The summed E-state index contributed by atoms with van der Waals surface area (Å²) in [5.74, 6) is 0.714. The molecule has 1 aromatic carbocycles. The van der Waals surface area contributed by atoms with Crippen LogP contribution in [0.1, 0.15) is 23.4 Å². The van der Waals surface area contributed by atoms with E-state index in [1.807, 2.05) is 24.3 Å². The summed E-state index contributed by atoms with van der Waals surface area (Å²) in [7, 11) is 0. The quantitative estimate of drug-likeness (QED) is 0.486. The smallest absolute Gasteiger partial charge is 0.333 e.